The highest BCUT2D eigenvalue weighted by molar-refractivity contribution is 6.32. The number of ether oxygens (including phenoxy) is 2. The van der Waals surface area contributed by atoms with Crippen molar-refractivity contribution in [1.82, 2.24) is 0 Å². The van der Waals surface area contributed by atoms with E-state index in [1.54, 1.807) is 13.2 Å². The van der Waals surface area contributed by atoms with E-state index in [4.69, 9.17) is 26.8 Å². The van der Waals surface area contributed by atoms with Crippen LogP contribution in [0.25, 0.3) is 0 Å². The number of nitrogens with two attached hydrogens (primary N) is 1. The highest BCUT2D eigenvalue weighted by Gasteiger charge is 2.25. The van der Waals surface area contributed by atoms with E-state index in [2.05, 4.69) is 0 Å². The molecule has 0 fully saturated rings. The molecule has 2 N–H and O–H groups in total. The van der Waals surface area contributed by atoms with E-state index >= 15 is 0 Å². The molecule has 70 valence electrons. The van der Waals surface area contributed by atoms with Gasteiger partial charge in [-0.05, 0) is 6.07 Å². The zero-order valence-corrected chi connectivity index (χ0v) is 7.97. The molecule has 1 aliphatic heterocycles. The molecule has 0 bridgehead atoms. The summed E-state index contributed by atoms with van der Waals surface area (Å²) >= 11 is 5.91. The van der Waals surface area contributed by atoms with Gasteiger partial charge >= 0.3 is 0 Å². The number of rotatable bonds is 1. The number of benzene rings is 1. The maximum Gasteiger partial charge on any atom is 0.179 e. The van der Waals surface area contributed by atoms with Crippen molar-refractivity contribution in [2.45, 2.75) is 6.04 Å². The molecule has 0 saturated carbocycles. The van der Waals surface area contributed by atoms with E-state index in [9.17, 15) is 0 Å². The number of hydrogen-bond acceptors (Lipinski definition) is 3. The van der Waals surface area contributed by atoms with Gasteiger partial charge in [0.25, 0.3) is 0 Å². The first kappa shape index (κ1) is 8.66. The summed E-state index contributed by atoms with van der Waals surface area (Å²) in [5.74, 6) is 1.26. The van der Waals surface area contributed by atoms with Crippen LogP contribution in [0.2, 0.25) is 5.02 Å². The minimum Gasteiger partial charge on any atom is -0.491 e. The lowest BCUT2D eigenvalue weighted by molar-refractivity contribution is 0.311. The first-order valence-corrected chi connectivity index (χ1v) is 4.36. The van der Waals surface area contributed by atoms with Gasteiger partial charge in [-0.25, -0.2) is 0 Å². The summed E-state index contributed by atoms with van der Waals surface area (Å²) in [4.78, 5) is 0. The normalized spacial score (nSPS) is 19.5. The fourth-order valence-corrected chi connectivity index (χ4v) is 1.67. The van der Waals surface area contributed by atoms with Crippen molar-refractivity contribution in [3.05, 3.63) is 22.7 Å². The maximum absolute atomic E-state index is 5.91. The largest absolute Gasteiger partial charge is 0.491 e. The number of halogens is 1. The standard InChI is InChI=1S/C9H10ClNO2/c1-12-9-6(10)3-2-5-7(11)4-13-8(5)9/h2-3,7H,4,11H2,1H3. The van der Waals surface area contributed by atoms with E-state index < -0.39 is 0 Å². The highest BCUT2D eigenvalue weighted by atomic mass is 35.5. The second-order valence-corrected chi connectivity index (χ2v) is 3.32. The predicted octanol–water partition coefficient (Wildman–Crippen LogP) is 1.74. The smallest absolute Gasteiger partial charge is 0.179 e. The lowest BCUT2D eigenvalue weighted by Crippen LogP contribution is -2.10. The summed E-state index contributed by atoms with van der Waals surface area (Å²) in [7, 11) is 1.56. The van der Waals surface area contributed by atoms with Crippen LogP contribution in [-0.4, -0.2) is 13.7 Å². The molecular weight excluding hydrogens is 190 g/mol. The second-order valence-electron chi connectivity index (χ2n) is 2.92. The Balaban J connectivity index is 2.57. The van der Waals surface area contributed by atoms with Gasteiger partial charge in [-0.3, -0.25) is 0 Å². The number of methoxy groups -OCH3 is 1. The Morgan fingerprint density at radius 2 is 2.38 bits per heavy atom. The SMILES string of the molecule is COc1c(Cl)ccc2c1OCC2N. The van der Waals surface area contributed by atoms with E-state index in [0.717, 1.165) is 5.56 Å². The minimum absolute atomic E-state index is 0.0684. The third-order valence-electron chi connectivity index (χ3n) is 2.11. The Morgan fingerprint density at radius 3 is 3.08 bits per heavy atom. The molecule has 1 aromatic carbocycles. The van der Waals surface area contributed by atoms with E-state index in [1.165, 1.54) is 0 Å². The Bertz CT molecular complexity index is 341. The van der Waals surface area contributed by atoms with Crippen molar-refractivity contribution in [1.29, 1.82) is 0 Å². The van der Waals surface area contributed by atoms with E-state index in [-0.39, 0.29) is 6.04 Å². The topological polar surface area (TPSA) is 44.5 Å². The molecule has 3 nitrogen and oxygen atoms in total. The first-order valence-electron chi connectivity index (χ1n) is 3.99. The Hall–Kier alpha value is -0.930. The van der Waals surface area contributed by atoms with Crippen LogP contribution < -0.4 is 15.2 Å². The zero-order valence-electron chi connectivity index (χ0n) is 7.21. The van der Waals surface area contributed by atoms with Crippen LogP contribution in [0.15, 0.2) is 12.1 Å². The van der Waals surface area contributed by atoms with Gasteiger partial charge in [0.1, 0.15) is 6.61 Å². The molecule has 2 rings (SSSR count). The number of fused-ring (bicyclic) bond motifs is 1. The third kappa shape index (κ3) is 1.24. The molecule has 0 saturated heterocycles. The molecule has 1 atom stereocenters. The molecule has 1 aromatic rings. The molecular formula is C9H10ClNO2. The minimum atomic E-state index is -0.0684. The van der Waals surface area contributed by atoms with Crippen LogP contribution in [0.4, 0.5) is 0 Å². The van der Waals surface area contributed by atoms with Gasteiger partial charge in [-0.15, -0.1) is 0 Å². The fourth-order valence-electron chi connectivity index (χ4n) is 1.45. The molecule has 13 heavy (non-hydrogen) atoms. The summed E-state index contributed by atoms with van der Waals surface area (Å²) in [6.45, 7) is 0.492. The van der Waals surface area contributed by atoms with Crippen molar-refractivity contribution in [3.63, 3.8) is 0 Å². The molecule has 1 unspecified atom stereocenters. The summed E-state index contributed by atoms with van der Waals surface area (Å²) in [6.07, 6.45) is 0. The van der Waals surface area contributed by atoms with Crippen molar-refractivity contribution < 1.29 is 9.47 Å². The molecule has 1 aliphatic rings. The molecule has 0 spiro atoms. The summed E-state index contributed by atoms with van der Waals surface area (Å²) in [6, 6.07) is 3.58. The van der Waals surface area contributed by atoms with Crippen LogP contribution in [-0.2, 0) is 0 Å². The van der Waals surface area contributed by atoms with E-state index in [1.807, 2.05) is 6.07 Å². The van der Waals surface area contributed by atoms with E-state index in [0.29, 0.717) is 23.1 Å². The second kappa shape index (κ2) is 3.09. The lowest BCUT2D eigenvalue weighted by Gasteiger charge is -2.07. The van der Waals surface area contributed by atoms with Gasteiger partial charge in [0.15, 0.2) is 11.5 Å². The Labute approximate surface area is 81.4 Å². The van der Waals surface area contributed by atoms with Crippen LogP contribution in [0.5, 0.6) is 11.5 Å². The molecule has 1 heterocycles. The molecule has 4 heteroatoms. The van der Waals surface area contributed by atoms with Crippen molar-refractivity contribution in [3.8, 4) is 11.5 Å². The number of hydrogen-bond donors (Lipinski definition) is 1. The molecule has 0 aliphatic carbocycles. The average Bonchev–Trinajstić information content (AvgIpc) is 2.48. The van der Waals surface area contributed by atoms with Gasteiger partial charge in [-0.2, -0.15) is 0 Å². The fraction of sp³-hybridized carbons (Fsp3) is 0.333. The Kier molecular flexibility index (Phi) is 2.06. The van der Waals surface area contributed by atoms with Crippen molar-refractivity contribution >= 4 is 11.6 Å². The van der Waals surface area contributed by atoms with Crippen LogP contribution in [0.3, 0.4) is 0 Å². The van der Waals surface area contributed by atoms with Crippen molar-refractivity contribution in [2.24, 2.45) is 5.73 Å². The zero-order chi connectivity index (χ0) is 9.42. The van der Waals surface area contributed by atoms with Gasteiger partial charge in [-0.1, -0.05) is 17.7 Å². The summed E-state index contributed by atoms with van der Waals surface area (Å²) in [5.41, 5.74) is 6.76. The first-order chi connectivity index (χ1) is 6.24. The predicted molar refractivity (Wildman–Crippen MR) is 50.4 cm³/mol. The highest BCUT2D eigenvalue weighted by Crippen LogP contribution is 2.43. The van der Waals surface area contributed by atoms with Gasteiger partial charge in [0.05, 0.1) is 18.2 Å². The molecule has 0 aromatic heterocycles. The van der Waals surface area contributed by atoms with Crippen LogP contribution >= 0.6 is 11.6 Å². The van der Waals surface area contributed by atoms with Crippen LogP contribution in [0, 0.1) is 0 Å². The lowest BCUT2D eigenvalue weighted by atomic mass is 10.1. The van der Waals surface area contributed by atoms with Crippen LogP contribution in [0.1, 0.15) is 11.6 Å². The quantitative estimate of drug-likeness (QED) is 0.750. The summed E-state index contributed by atoms with van der Waals surface area (Å²) < 4.78 is 10.5. The third-order valence-corrected chi connectivity index (χ3v) is 2.40. The average molecular weight is 200 g/mol. The van der Waals surface area contributed by atoms with Crippen molar-refractivity contribution in [2.75, 3.05) is 13.7 Å². The maximum atomic E-state index is 5.91. The Morgan fingerprint density at radius 1 is 1.62 bits per heavy atom. The molecule has 0 radical (unpaired) electrons. The molecule has 0 amide bonds. The van der Waals surface area contributed by atoms with Gasteiger partial charge in [0.2, 0.25) is 0 Å². The summed E-state index contributed by atoms with van der Waals surface area (Å²) in [5, 5.41) is 0.551. The van der Waals surface area contributed by atoms with Gasteiger partial charge in [0, 0.05) is 5.56 Å². The van der Waals surface area contributed by atoms with Gasteiger partial charge < -0.3 is 15.2 Å². The monoisotopic (exact) mass is 199 g/mol.